The molecule has 2 atom stereocenters. The molecule has 1 unspecified atom stereocenters. The standard InChI is InChI=1S/C16H20BP/c17-18-15(13-7-3-1-4-8-13)11-12-16(18)14-9-5-2-6-10-14/h1-10,15-16H,11-12,17-18H2/t15-,16?/m1/s1. The molecule has 3 rings (SSSR count). The van der Waals surface area contributed by atoms with Gasteiger partial charge in [0.25, 0.3) is 0 Å². The fraction of sp³-hybridized carbons (Fsp3) is 0.250. The van der Waals surface area contributed by atoms with E-state index in [1.54, 1.807) is 11.1 Å². The number of benzene rings is 2. The molecule has 1 aliphatic rings. The zero-order chi connectivity index (χ0) is 12.4. The van der Waals surface area contributed by atoms with Gasteiger partial charge in [0.2, 0.25) is 0 Å². The summed E-state index contributed by atoms with van der Waals surface area (Å²) in [5.74, 6) is 0. The van der Waals surface area contributed by atoms with Crippen LogP contribution in [0.15, 0.2) is 60.7 Å². The van der Waals surface area contributed by atoms with Gasteiger partial charge in [-0.05, 0) is 0 Å². The molecule has 1 fully saturated rings. The molecule has 0 aromatic heterocycles. The summed E-state index contributed by atoms with van der Waals surface area (Å²) in [6, 6.07) is 22.3. The fourth-order valence-corrected chi connectivity index (χ4v) is 7.16. The number of hydrogen-bond donors (Lipinski definition) is 0. The summed E-state index contributed by atoms with van der Waals surface area (Å²) in [5.41, 5.74) is 4.90. The zero-order valence-corrected chi connectivity index (χ0v) is 12.1. The van der Waals surface area contributed by atoms with Crippen LogP contribution in [-0.4, -0.2) is 7.57 Å². The Labute approximate surface area is 112 Å². The average molecular weight is 254 g/mol. The molecule has 0 radical (unpaired) electrons. The topological polar surface area (TPSA) is 0 Å². The van der Waals surface area contributed by atoms with Crippen molar-refractivity contribution in [1.29, 1.82) is 0 Å². The van der Waals surface area contributed by atoms with Crippen LogP contribution in [0.1, 0.15) is 35.3 Å². The predicted octanol–water partition coefficient (Wildman–Crippen LogP) is 3.76. The second-order valence-corrected chi connectivity index (χ2v) is 8.80. The van der Waals surface area contributed by atoms with Gasteiger partial charge in [-0.2, -0.15) is 0 Å². The summed E-state index contributed by atoms with van der Waals surface area (Å²) in [7, 11) is 1.83. The third kappa shape index (κ3) is 2.25. The molecular weight excluding hydrogens is 234 g/mol. The summed E-state index contributed by atoms with van der Waals surface area (Å²) >= 11 is 0. The Morgan fingerprint density at radius 1 is 0.722 bits per heavy atom. The summed E-state index contributed by atoms with van der Waals surface area (Å²) in [5, 5.41) is 0. The van der Waals surface area contributed by atoms with E-state index in [9.17, 15) is 0 Å². The van der Waals surface area contributed by atoms with E-state index in [1.165, 1.54) is 12.8 Å². The molecule has 0 nitrogen and oxygen atoms in total. The zero-order valence-electron chi connectivity index (χ0n) is 10.9. The van der Waals surface area contributed by atoms with Gasteiger partial charge < -0.3 is 0 Å². The van der Waals surface area contributed by atoms with E-state index < -0.39 is 7.80 Å². The summed E-state index contributed by atoms with van der Waals surface area (Å²) in [6.45, 7) is 0. The van der Waals surface area contributed by atoms with Gasteiger partial charge in [-0.1, -0.05) is 0 Å². The third-order valence-corrected chi connectivity index (χ3v) is 8.49. The molecule has 18 heavy (non-hydrogen) atoms. The van der Waals surface area contributed by atoms with Gasteiger partial charge >= 0.3 is 111 Å². The molecule has 0 bridgehead atoms. The second-order valence-electron chi connectivity index (χ2n) is 5.47. The van der Waals surface area contributed by atoms with Crippen molar-refractivity contribution in [1.82, 2.24) is 0 Å². The van der Waals surface area contributed by atoms with E-state index >= 15 is 0 Å². The van der Waals surface area contributed by atoms with Crippen LogP contribution in [0.4, 0.5) is 0 Å². The van der Waals surface area contributed by atoms with Crippen molar-refractivity contribution in [3.63, 3.8) is 0 Å². The maximum atomic E-state index is 2.56. The molecule has 2 aromatic carbocycles. The first-order chi connectivity index (χ1) is 8.86. The van der Waals surface area contributed by atoms with Crippen LogP contribution >= 0.6 is 7.80 Å². The van der Waals surface area contributed by atoms with Gasteiger partial charge in [-0.15, -0.1) is 0 Å². The quantitative estimate of drug-likeness (QED) is 0.565. The molecule has 0 saturated carbocycles. The Balaban J connectivity index is 1.83. The van der Waals surface area contributed by atoms with E-state index in [4.69, 9.17) is 0 Å². The maximum absolute atomic E-state index is 2.56. The van der Waals surface area contributed by atoms with Crippen LogP contribution in [0, 0.1) is 0 Å². The molecule has 0 aliphatic carbocycles. The predicted molar refractivity (Wildman–Crippen MR) is 85.9 cm³/mol. The Bertz CT molecular complexity index is 450. The normalized spacial score (nSPS) is 25.2. The molecule has 0 N–H and O–H groups in total. The van der Waals surface area contributed by atoms with Crippen molar-refractivity contribution in [2.24, 2.45) is 0 Å². The van der Waals surface area contributed by atoms with Gasteiger partial charge in [-0.3, -0.25) is 0 Å². The monoisotopic (exact) mass is 254 g/mol. The second kappa shape index (κ2) is 5.28. The molecule has 0 amide bonds. The van der Waals surface area contributed by atoms with Crippen LogP contribution in [0.25, 0.3) is 0 Å². The van der Waals surface area contributed by atoms with Crippen LogP contribution in [0.2, 0.25) is 0 Å². The number of hydrogen-bond acceptors (Lipinski definition) is 0. The SMILES string of the molecule is B[PH2]1C(c2ccccc2)CC[C@@H]1c1ccccc1. The fourth-order valence-electron chi connectivity index (χ4n) is 3.51. The van der Waals surface area contributed by atoms with Crippen molar-refractivity contribution in [3.05, 3.63) is 71.8 Å². The minimum atomic E-state index is -0.733. The first kappa shape index (κ1) is 12.0. The summed E-state index contributed by atoms with van der Waals surface area (Å²) in [6.07, 6.45) is 2.77. The van der Waals surface area contributed by atoms with Crippen LogP contribution < -0.4 is 0 Å². The minimum absolute atomic E-state index is 0.733. The van der Waals surface area contributed by atoms with E-state index in [2.05, 4.69) is 68.2 Å². The molecule has 1 heterocycles. The average Bonchev–Trinajstić information content (AvgIpc) is 2.83. The van der Waals surface area contributed by atoms with Gasteiger partial charge in [0.05, 0.1) is 0 Å². The molecule has 1 saturated heterocycles. The Kier molecular flexibility index (Phi) is 3.52. The Morgan fingerprint density at radius 2 is 1.11 bits per heavy atom. The van der Waals surface area contributed by atoms with Crippen molar-refractivity contribution >= 4 is 15.4 Å². The van der Waals surface area contributed by atoms with Crippen molar-refractivity contribution in [2.75, 3.05) is 0 Å². The van der Waals surface area contributed by atoms with E-state index in [-0.39, 0.29) is 0 Å². The molecule has 1 aliphatic heterocycles. The van der Waals surface area contributed by atoms with E-state index in [0.29, 0.717) is 0 Å². The van der Waals surface area contributed by atoms with E-state index in [0.717, 1.165) is 11.3 Å². The van der Waals surface area contributed by atoms with Crippen molar-refractivity contribution in [3.8, 4) is 0 Å². The third-order valence-electron chi connectivity index (χ3n) is 4.51. The van der Waals surface area contributed by atoms with Crippen LogP contribution in [0.3, 0.4) is 0 Å². The summed E-state index contributed by atoms with van der Waals surface area (Å²) < 4.78 is 0. The van der Waals surface area contributed by atoms with Gasteiger partial charge in [0.15, 0.2) is 0 Å². The van der Waals surface area contributed by atoms with Gasteiger partial charge in [0.1, 0.15) is 0 Å². The first-order valence-electron chi connectivity index (χ1n) is 6.96. The first-order valence-corrected chi connectivity index (χ1v) is 9.45. The van der Waals surface area contributed by atoms with Crippen molar-refractivity contribution < 1.29 is 0 Å². The summed E-state index contributed by atoms with van der Waals surface area (Å²) in [4.78, 5) is 0. The van der Waals surface area contributed by atoms with Crippen molar-refractivity contribution in [2.45, 2.75) is 24.2 Å². The van der Waals surface area contributed by atoms with Crippen LogP contribution in [-0.2, 0) is 0 Å². The Hall–Kier alpha value is -1.07. The Morgan fingerprint density at radius 3 is 1.50 bits per heavy atom. The molecule has 92 valence electrons. The van der Waals surface area contributed by atoms with Gasteiger partial charge in [-0.25, -0.2) is 0 Å². The van der Waals surface area contributed by atoms with Crippen LogP contribution in [0.5, 0.6) is 0 Å². The molecule has 2 heteroatoms. The number of rotatable bonds is 2. The molecule has 2 aromatic rings. The van der Waals surface area contributed by atoms with Gasteiger partial charge in [0, 0.05) is 0 Å². The molecular formula is C16H20BP. The van der Waals surface area contributed by atoms with E-state index in [1.807, 2.05) is 0 Å². The molecule has 0 spiro atoms.